The second-order valence-corrected chi connectivity index (χ2v) is 3.60. The molecule has 0 heterocycles. The second-order valence-electron chi connectivity index (χ2n) is 3.60. The fourth-order valence-corrected chi connectivity index (χ4v) is 1.42. The van der Waals surface area contributed by atoms with E-state index >= 15 is 0 Å². The number of terminal acetylenes is 1. The van der Waals surface area contributed by atoms with Gasteiger partial charge in [0.2, 0.25) is 0 Å². The van der Waals surface area contributed by atoms with Crippen LogP contribution < -0.4 is 5.73 Å². The first kappa shape index (κ1) is 13.4. The average molecular weight is 243 g/mol. The Balaban J connectivity index is 3.03. The fraction of sp³-hybridized carbons (Fsp3) is 0.333. The summed E-state index contributed by atoms with van der Waals surface area (Å²) in [4.78, 5) is 0. The summed E-state index contributed by atoms with van der Waals surface area (Å²) in [5, 5.41) is 9.68. The molecule has 1 aromatic rings. The van der Waals surface area contributed by atoms with Crippen LogP contribution in [0.1, 0.15) is 30.1 Å². The van der Waals surface area contributed by atoms with Gasteiger partial charge in [0.15, 0.2) is 0 Å². The lowest BCUT2D eigenvalue weighted by molar-refractivity contribution is -0.137. The normalized spacial score (nSPS) is 13.1. The second kappa shape index (κ2) is 5.11. The van der Waals surface area contributed by atoms with Crippen molar-refractivity contribution in [3.8, 4) is 12.3 Å². The van der Waals surface area contributed by atoms with E-state index in [-0.39, 0.29) is 24.1 Å². The van der Waals surface area contributed by atoms with Crippen molar-refractivity contribution in [1.29, 1.82) is 0 Å². The van der Waals surface area contributed by atoms with Crippen LogP contribution in [-0.4, -0.2) is 5.11 Å². The zero-order valence-electron chi connectivity index (χ0n) is 8.96. The van der Waals surface area contributed by atoms with Crippen LogP contribution >= 0.6 is 0 Å². The van der Waals surface area contributed by atoms with Crippen molar-refractivity contribution in [2.45, 2.75) is 25.1 Å². The first-order chi connectivity index (χ1) is 7.86. The summed E-state index contributed by atoms with van der Waals surface area (Å²) < 4.78 is 37.4. The molecule has 0 saturated heterocycles. The number of nitrogen functional groups attached to an aromatic ring is 1. The highest BCUT2D eigenvalue weighted by atomic mass is 19.4. The van der Waals surface area contributed by atoms with Gasteiger partial charge >= 0.3 is 6.18 Å². The third-order valence-electron chi connectivity index (χ3n) is 2.34. The molecule has 0 aliphatic heterocycles. The molecule has 5 heteroatoms. The molecule has 0 spiro atoms. The van der Waals surface area contributed by atoms with Crippen LogP contribution in [0.2, 0.25) is 0 Å². The van der Waals surface area contributed by atoms with Gasteiger partial charge in [0.25, 0.3) is 0 Å². The molecule has 0 aliphatic carbocycles. The molecule has 17 heavy (non-hydrogen) atoms. The maximum Gasteiger partial charge on any atom is 0.416 e. The van der Waals surface area contributed by atoms with Crippen LogP contribution in [0, 0.1) is 12.3 Å². The Morgan fingerprint density at radius 1 is 1.41 bits per heavy atom. The molecular formula is C12H12F3NO. The van der Waals surface area contributed by atoms with Crippen LogP contribution in [0.5, 0.6) is 0 Å². The Hall–Kier alpha value is -1.67. The lowest BCUT2D eigenvalue weighted by Gasteiger charge is -2.15. The van der Waals surface area contributed by atoms with Gasteiger partial charge in [0.1, 0.15) is 0 Å². The Bertz CT molecular complexity index is 434. The Labute approximate surface area is 97.3 Å². The molecular weight excluding hydrogens is 231 g/mol. The molecule has 1 rings (SSSR count). The quantitative estimate of drug-likeness (QED) is 0.633. The number of hydrogen-bond donors (Lipinski definition) is 2. The monoisotopic (exact) mass is 243 g/mol. The molecule has 2 nitrogen and oxygen atoms in total. The number of hydrogen-bond acceptors (Lipinski definition) is 2. The Morgan fingerprint density at radius 3 is 2.59 bits per heavy atom. The minimum absolute atomic E-state index is 0.0649. The van der Waals surface area contributed by atoms with Gasteiger partial charge < -0.3 is 10.8 Å². The van der Waals surface area contributed by atoms with Gasteiger partial charge in [-0.3, -0.25) is 0 Å². The van der Waals surface area contributed by atoms with E-state index in [1.54, 1.807) is 0 Å². The number of benzene rings is 1. The van der Waals surface area contributed by atoms with E-state index in [1.807, 2.05) is 0 Å². The van der Waals surface area contributed by atoms with Crippen LogP contribution in [-0.2, 0) is 6.18 Å². The van der Waals surface area contributed by atoms with E-state index in [1.165, 1.54) is 0 Å². The van der Waals surface area contributed by atoms with E-state index < -0.39 is 17.8 Å². The van der Waals surface area contributed by atoms with Crippen molar-refractivity contribution in [3.63, 3.8) is 0 Å². The van der Waals surface area contributed by atoms with Crippen molar-refractivity contribution < 1.29 is 18.3 Å². The average Bonchev–Trinajstić information content (AvgIpc) is 2.24. The zero-order valence-corrected chi connectivity index (χ0v) is 8.96. The maximum absolute atomic E-state index is 12.5. The van der Waals surface area contributed by atoms with E-state index in [2.05, 4.69) is 5.92 Å². The van der Waals surface area contributed by atoms with Gasteiger partial charge in [-0.05, 0) is 24.6 Å². The molecule has 1 unspecified atom stereocenters. The molecule has 0 fully saturated rings. The van der Waals surface area contributed by atoms with Gasteiger partial charge in [-0.25, -0.2) is 0 Å². The smallest absolute Gasteiger partial charge is 0.398 e. The molecule has 0 radical (unpaired) electrons. The van der Waals surface area contributed by atoms with Gasteiger partial charge in [0, 0.05) is 17.7 Å². The van der Waals surface area contributed by atoms with Crippen LogP contribution in [0.4, 0.5) is 18.9 Å². The number of rotatable bonds is 3. The maximum atomic E-state index is 12.5. The predicted molar refractivity (Wildman–Crippen MR) is 58.9 cm³/mol. The topological polar surface area (TPSA) is 46.2 Å². The number of nitrogens with two attached hydrogens (primary N) is 1. The molecule has 0 saturated carbocycles. The van der Waals surface area contributed by atoms with E-state index in [9.17, 15) is 18.3 Å². The number of anilines is 1. The summed E-state index contributed by atoms with van der Waals surface area (Å²) in [6, 6.07) is 2.88. The predicted octanol–water partition coefficient (Wildman–Crippen LogP) is 2.73. The molecule has 92 valence electrons. The van der Waals surface area contributed by atoms with Gasteiger partial charge in [-0.1, -0.05) is 0 Å². The van der Waals surface area contributed by atoms with Crippen LogP contribution in [0.25, 0.3) is 0 Å². The number of alkyl halides is 3. The van der Waals surface area contributed by atoms with Gasteiger partial charge in [0.05, 0.1) is 11.7 Å². The van der Waals surface area contributed by atoms with Crippen molar-refractivity contribution in [3.05, 3.63) is 29.3 Å². The number of halogens is 3. The third-order valence-corrected chi connectivity index (χ3v) is 2.34. The summed E-state index contributed by atoms with van der Waals surface area (Å²) in [6.07, 6.45) is -0.0488. The molecule has 1 aromatic carbocycles. The highest BCUT2D eigenvalue weighted by Crippen LogP contribution is 2.33. The Kier molecular flexibility index (Phi) is 4.02. The molecule has 1 atom stereocenters. The van der Waals surface area contributed by atoms with Crippen molar-refractivity contribution >= 4 is 5.69 Å². The van der Waals surface area contributed by atoms with E-state index in [4.69, 9.17) is 12.2 Å². The minimum atomic E-state index is -4.45. The fourth-order valence-electron chi connectivity index (χ4n) is 1.42. The minimum Gasteiger partial charge on any atom is -0.398 e. The Morgan fingerprint density at radius 2 is 2.06 bits per heavy atom. The summed E-state index contributed by atoms with van der Waals surface area (Å²) in [7, 11) is 0. The first-order valence-electron chi connectivity index (χ1n) is 4.94. The van der Waals surface area contributed by atoms with Crippen LogP contribution in [0.15, 0.2) is 18.2 Å². The molecule has 0 aliphatic rings. The van der Waals surface area contributed by atoms with E-state index in [0.717, 1.165) is 18.2 Å². The standard InChI is InChI=1S/C12H12F3NO/c1-2-3-4-11(17)9-7-8(12(13,14)15)5-6-10(9)16/h1,5-7,11,17H,3-4,16H2. The first-order valence-corrected chi connectivity index (χ1v) is 4.94. The molecule has 3 N–H and O–H groups in total. The van der Waals surface area contributed by atoms with Crippen molar-refractivity contribution in [1.82, 2.24) is 0 Å². The summed E-state index contributed by atoms with van der Waals surface area (Å²) in [6.45, 7) is 0. The molecule has 0 aromatic heterocycles. The summed E-state index contributed by atoms with van der Waals surface area (Å²) >= 11 is 0. The van der Waals surface area contributed by atoms with Crippen LogP contribution in [0.3, 0.4) is 0 Å². The highest BCUT2D eigenvalue weighted by Gasteiger charge is 2.31. The largest absolute Gasteiger partial charge is 0.416 e. The van der Waals surface area contributed by atoms with E-state index in [0.29, 0.717) is 0 Å². The number of aliphatic hydroxyl groups is 1. The lowest BCUT2D eigenvalue weighted by atomic mass is 10.0. The lowest BCUT2D eigenvalue weighted by Crippen LogP contribution is -2.09. The van der Waals surface area contributed by atoms with Crippen molar-refractivity contribution in [2.75, 3.05) is 5.73 Å². The molecule has 0 amide bonds. The number of aliphatic hydroxyl groups excluding tert-OH is 1. The van der Waals surface area contributed by atoms with Crippen molar-refractivity contribution in [2.24, 2.45) is 0 Å². The summed E-state index contributed by atoms with van der Waals surface area (Å²) in [5.41, 5.74) is 4.89. The SMILES string of the molecule is C#CCCC(O)c1cc(C(F)(F)F)ccc1N. The highest BCUT2D eigenvalue weighted by molar-refractivity contribution is 5.50. The molecule has 0 bridgehead atoms. The van der Waals surface area contributed by atoms with Gasteiger partial charge in [-0.2, -0.15) is 13.2 Å². The van der Waals surface area contributed by atoms with Gasteiger partial charge in [-0.15, -0.1) is 12.3 Å². The zero-order chi connectivity index (χ0) is 13.1. The third kappa shape index (κ3) is 3.40. The summed E-state index contributed by atoms with van der Waals surface area (Å²) in [5.74, 6) is 2.31.